The Morgan fingerprint density at radius 1 is 1.27 bits per heavy atom. The van der Waals surface area contributed by atoms with Gasteiger partial charge < -0.3 is 4.74 Å². The van der Waals surface area contributed by atoms with Crippen LogP contribution in [0.5, 0.6) is 5.75 Å². The fourth-order valence-corrected chi connectivity index (χ4v) is 3.18. The van der Waals surface area contributed by atoms with Crippen molar-refractivity contribution in [3.05, 3.63) is 48.5 Å². The van der Waals surface area contributed by atoms with Crippen molar-refractivity contribution in [2.75, 3.05) is 13.4 Å². The lowest BCUT2D eigenvalue weighted by atomic mass is 10.1. The van der Waals surface area contributed by atoms with Crippen LogP contribution in [0, 0.1) is 0 Å². The van der Waals surface area contributed by atoms with E-state index in [-0.39, 0.29) is 5.75 Å². The largest absolute Gasteiger partial charge is 0.496 e. The number of sulfone groups is 1. The topological polar surface area (TPSA) is 73.6 Å². The van der Waals surface area contributed by atoms with Crippen molar-refractivity contribution in [2.24, 2.45) is 0 Å². The molecule has 1 aromatic carbocycles. The molecule has 0 aliphatic carbocycles. The molecule has 22 heavy (non-hydrogen) atoms. The first-order chi connectivity index (χ1) is 10.5. The number of hydrogen-bond acceptors (Lipinski definition) is 5. The van der Waals surface area contributed by atoms with E-state index in [1.807, 2.05) is 16.7 Å². The number of benzene rings is 1. The molecule has 0 N–H and O–H groups in total. The Hall–Kier alpha value is -2.41. The Bertz CT molecular complexity index is 932. The number of methoxy groups -OCH3 is 1. The van der Waals surface area contributed by atoms with E-state index in [0.29, 0.717) is 11.3 Å². The number of nitrogens with zero attached hydrogens (tertiary/aromatic N) is 3. The average molecular weight is 317 g/mol. The first-order valence-corrected chi connectivity index (χ1v) is 8.66. The maximum atomic E-state index is 11.4. The van der Waals surface area contributed by atoms with Gasteiger partial charge in [-0.3, -0.25) is 9.38 Å². The van der Waals surface area contributed by atoms with E-state index < -0.39 is 9.84 Å². The predicted octanol–water partition coefficient (Wildman–Crippen LogP) is 1.95. The summed E-state index contributed by atoms with van der Waals surface area (Å²) in [4.78, 5) is 8.39. The summed E-state index contributed by atoms with van der Waals surface area (Å²) >= 11 is 0. The van der Waals surface area contributed by atoms with Gasteiger partial charge in [0.05, 0.1) is 31.0 Å². The fourth-order valence-electron chi connectivity index (χ4n) is 2.39. The zero-order valence-electron chi connectivity index (χ0n) is 12.2. The van der Waals surface area contributed by atoms with E-state index in [4.69, 9.17) is 4.74 Å². The van der Waals surface area contributed by atoms with Gasteiger partial charge >= 0.3 is 0 Å². The second kappa shape index (κ2) is 5.42. The van der Waals surface area contributed by atoms with E-state index in [9.17, 15) is 8.42 Å². The molecule has 114 valence electrons. The van der Waals surface area contributed by atoms with Crippen LogP contribution in [0.25, 0.3) is 16.9 Å². The second-order valence-electron chi connectivity index (χ2n) is 5.05. The highest BCUT2D eigenvalue weighted by Gasteiger charge is 2.13. The summed E-state index contributed by atoms with van der Waals surface area (Å²) in [6.45, 7) is 0. The van der Waals surface area contributed by atoms with Gasteiger partial charge in [0.25, 0.3) is 0 Å². The smallest absolute Gasteiger partial charge is 0.155 e. The van der Waals surface area contributed by atoms with Crippen LogP contribution >= 0.6 is 0 Å². The normalized spacial score (nSPS) is 11.7. The monoisotopic (exact) mass is 317 g/mol. The van der Waals surface area contributed by atoms with Gasteiger partial charge in [-0.15, -0.1) is 0 Å². The molecule has 0 aliphatic rings. The maximum Gasteiger partial charge on any atom is 0.155 e. The lowest BCUT2D eigenvalue weighted by molar-refractivity contribution is 0.416. The van der Waals surface area contributed by atoms with Crippen LogP contribution in [-0.4, -0.2) is 36.2 Å². The van der Waals surface area contributed by atoms with E-state index in [2.05, 4.69) is 9.97 Å². The van der Waals surface area contributed by atoms with Gasteiger partial charge in [-0.25, -0.2) is 13.4 Å². The fraction of sp³-hybridized carbons (Fsp3) is 0.200. The highest BCUT2D eigenvalue weighted by atomic mass is 32.2. The Kier molecular flexibility index (Phi) is 3.58. The minimum atomic E-state index is -3.09. The molecule has 0 radical (unpaired) electrons. The number of fused-ring (bicyclic) bond motifs is 1. The molecule has 7 heteroatoms. The molecule has 0 amide bonds. The van der Waals surface area contributed by atoms with Crippen molar-refractivity contribution in [1.82, 2.24) is 14.4 Å². The maximum absolute atomic E-state index is 11.4. The molecule has 3 rings (SSSR count). The first-order valence-electron chi connectivity index (χ1n) is 6.60. The van der Waals surface area contributed by atoms with Crippen molar-refractivity contribution >= 4 is 15.5 Å². The Balaban J connectivity index is 2.13. The highest BCUT2D eigenvalue weighted by molar-refractivity contribution is 7.89. The van der Waals surface area contributed by atoms with Crippen molar-refractivity contribution < 1.29 is 13.2 Å². The SMILES string of the molecule is COc1cc(CS(C)(=O)=O)ccc1-c1cncc2nccn12. The lowest BCUT2D eigenvalue weighted by Crippen LogP contribution is -2.02. The molecule has 0 saturated carbocycles. The summed E-state index contributed by atoms with van der Waals surface area (Å²) in [5.41, 5.74) is 3.09. The van der Waals surface area contributed by atoms with Gasteiger partial charge in [-0.05, 0) is 17.7 Å². The molecule has 0 spiro atoms. The number of aromatic nitrogens is 3. The lowest BCUT2D eigenvalue weighted by Gasteiger charge is -2.12. The van der Waals surface area contributed by atoms with Crippen LogP contribution < -0.4 is 4.74 Å². The molecule has 2 aromatic heterocycles. The van der Waals surface area contributed by atoms with Gasteiger partial charge in [0, 0.05) is 24.2 Å². The minimum Gasteiger partial charge on any atom is -0.496 e. The van der Waals surface area contributed by atoms with Crippen LogP contribution in [0.2, 0.25) is 0 Å². The average Bonchev–Trinajstić information content (AvgIpc) is 2.94. The van der Waals surface area contributed by atoms with Crippen molar-refractivity contribution in [2.45, 2.75) is 5.75 Å². The summed E-state index contributed by atoms with van der Waals surface area (Å²) in [6, 6.07) is 5.37. The molecule has 0 fully saturated rings. The molecule has 0 saturated heterocycles. The predicted molar refractivity (Wildman–Crippen MR) is 83.5 cm³/mol. The number of rotatable bonds is 4. The molecule has 0 bridgehead atoms. The molecule has 6 nitrogen and oxygen atoms in total. The summed E-state index contributed by atoms with van der Waals surface area (Å²) in [5, 5.41) is 0. The quantitative estimate of drug-likeness (QED) is 0.735. The molecule has 0 unspecified atom stereocenters. The van der Waals surface area contributed by atoms with E-state index in [1.165, 1.54) is 6.26 Å². The number of ether oxygens (including phenoxy) is 1. The zero-order chi connectivity index (χ0) is 15.7. The molecule has 0 aliphatic heterocycles. The molecule has 2 heterocycles. The Morgan fingerprint density at radius 2 is 2.09 bits per heavy atom. The summed E-state index contributed by atoms with van der Waals surface area (Å²) in [6.07, 6.45) is 8.15. The van der Waals surface area contributed by atoms with Gasteiger partial charge in [0.1, 0.15) is 5.75 Å². The molecule has 3 aromatic rings. The Morgan fingerprint density at radius 3 is 2.82 bits per heavy atom. The third kappa shape index (κ3) is 2.80. The standard InChI is InChI=1S/C15H15N3O3S/c1-21-14-7-11(10-22(2,19)20)3-4-12(14)13-8-16-9-15-17-5-6-18(13)15/h3-9H,10H2,1-2H3. The van der Waals surface area contributed by atoms with Crippen LogP contribution in [0.4, 0.5) is 0 Å². The van der Waals surface area contributed by atoms with Crippen LogP contribution in [0.15, 0.2) is 43.0 Å². The summed E-state index contributed by atoms with van der Waals surface area (Å²) < 4.78 is 30.2. The van der Waals surface area contributed by atoms with Crippen LogP contribution in [-0.2, 0) is 15.6 Å². The zero-order valence-corrected chi connectivity index (χ0v) is 13.0. The van der Waals surface area contributed by atoms with Gasteiger partial charge in [0.15, 0.2) is 15.5 Å². The van der Waals surface area contributed by atoms with Gasteiger partial charge in [0.2, 0.25) is 0 Å². The number of hydrogen-bond donors (Lipinski definition) is 0. The summed E-state index contributed by atoms with van der Waals surface area (Å²) in [5.74, 6) is 0.584. The minimum absolute atomic E-state index is 0.0167. The van der Waals surface area contributed by atoms with E-state index in [1.54, 1.807) is 37.8 Å². The van der Waals surface area contributed by atoms with Gasteiger partial charge in [-0.2, -0.15) is 0 Å². The van der Waals surface area contributed by atoms with Gasteiger partial charge in [-0.1, -0.05) is 6.07 Å². The van der Waals surface area contributed by atoms with E-state index in [0.717, 1.165) is 16.9 Å². The van der Waals surface area contributed by atoms with Crippen LogP contribution in [0.1, 0.15) is 5.56 Å². The van der Waals surface area contributed by atoms with Crippen molar-refractivity contribution in [1.29, 1.82) is 0 Å². The third-order valence-electron chi connectivity index (χ3n) is 3.29. The Labute approximate surface area is 128 Å². The molecular weight excluding hydrogens is 302 g/mol. The van der Waals surface area contributed by atoms with Crippen molar-refractivity contribution in [3.63, 3.8) is 0 Å². The van der Waals surface area contributed by atoms with Crippen molar-refractivity contribution in [3.8, 4) is 17.0 Å². The van der Waals surface area contributed by atoms with E-state index >= 15 is 0 Å². The molecular formula is C15H15N3O3S. The molecule has 0 atom stereocenters. The number of imidazole rings is 1. The third-order valence-corrected chi connectivity index (χ3v) is 4.14. The highest BCUT2D eigenvalue weighted by Crippen LogP contribution is 2.31. The van der Waals surface area contributed by atoms with Crippen LogP contribution in [0.3, 0.4) is 0 Å². The summed E-state index contributed by atoms with van der Waals surface area (Å²) in [7, 11) is -1.53. The first kappa shape index (κ1) is 14.5. The second-order valence-corrected chi connectivity index (χ2v) is 7.19.